The van der Waals surface area contributed by atoms with Crippen LogP contribution in [0.5, 0.6) is 0 Å². The van der Waals surface area contributed by atoms with Crippen LogP contribution in [0.1, 0.15) is 6.92 Å². The maximum atomic E-state index is 13.4. The molecule has 1 aliphatic heterocycles. The highest BCUT2D eigenvalue weighted by Gasteiger charge is 2.34. The molecule has 6 nitrogen and oxygen atoms in total. The molecule has 1 aromatic rings. The molecule has 0 atom stereocenters. The largest absolute Gasteiger partial charge is 0.370 e. The van der Waals surface area contributed by atoms with Gasteiger partial charge in [-0.05, 0) is 19.1 Å². The predicted octanol–water partition coefficient (Wildman–Crippen LogP) is 0.973. The molecule has 1 aromatic carbocycles. The Morgan fingerprint density at radius 2 is 2.14 bits per heavy atom. The number of aliphatic imine (C=N–C) groups is 1. The first-order chi connectivity index (χ1) is 10.3. The van der Waals surface area contributed by atoms with Gasteiger partial charge in [0, 0.05) is 31.6 Å². The zero-order chi connectivity index (χ0) is 16.3. The average molecular weight is 332 g/mol. The minimum atomic E-state index is -3.15. The number of halogens is 2. The molecule has 0 bridgehead atoms. The van der Waals surface area contributed by atoms with Crippen molar-refractivity contribution in [1.82, 2.24) is 4.31 Å². The summed E-state index contributed by atoms with van der Waals surface area (Å²) in [5.74, 6) is -1.11. The topological polar surface area (TPSA) is 87.8 Å². The summed E-state index contributed by atoms with van der Waals surface area (Å²) >= 11 is 0. The van der Waals surface area contributed by atoms with Crippen LogP contribution < -0.4 is 11.1 Å². The van der Waals surface area contributed by atoms with E-state index in [1.807, 2.05) is 0 Å². The van der Waals surface area contributed by atoms with E-state index in [4.69, 9.17) is 5.73 Å². The Balaban J connectivity index is 1.86. The highest BCUT2D eigenvalue weighted by molar-refractivity contribution is 7.89. The third kappa shape index (κ3) is 3.92. The predicted molar refractivity (Wildman–Crippen MR) is 81.0 cm³/mol. The van der Waals surface area contributed by atoms with Crippen LogP contribution in [0.2, 0.25) is 0 Å². The van der Waals surface area contributed by atoms with Crippen molar-refractivity contribution >= 4 is 21.7 Å². The smallest absolute Gasteiger partial charge is 0.213 e. The standard InChI is InChI=1S/C13H18F2N4O2S/c1-2-22(20,21)19-7-9(8-19)6-17-13(16)18-12-5-10(14)3-4-11(12)15/h3-5,9H,2,6-8H2,1H3,(H3,16,17,18). The molecular formula is C13H18F2N4O2S. The van der Waals surface area contributed by atoms with Crippen LogP contribution in [-0.4, -0.2) is 44.1 Å². The molecular weight excluding hydrogens is 314 g/mol. The number of sulfonamides is 1. The number of nitrogens with zero attached hydrogens (tertiary/aromatic N) is 2. The summed E-state index contributed by atoms with van der Waals surface area (Å²) in [6, 6.07) is 2.98. The minimum Gasteiger partial charge on any atom is -0.370 e. The number of anilines is 1. The highest BCUT2D eigenvalue weighted by atomic mass is 32.2. The van der Waals surface area contributed by atoms with Crippen LogP contribution in [-0.2, 0) is 10.0 Å². The molecule has 0 unspecified atom stereocenters. The SMILES string of the molecule is CCS(=O)(=O)N1CC(CN=C(N)Nc2cc(F)ccc2F)C1. The number of hydrogen-bond acceptors (Lipinski definition) is 3. The van der Waals surface area contributed by atoms with Gasteiger partial charge in [0.15, 0.2) is 5.96 Å². The first kappa shape index (κ1) is 16.6. The first-order valence-electron chi connectivity index (χ1n) is 6.81. The van der Waals surface area contributed by atoms with Crippen LogP contribution in [0.15, 0.2) is 23.2 Å². The van der Waals surface area contributed by atoms with Crippen molar-refractivity contribution < 1.29 is 17.2 Å². The lowest BCUT2D eigenvalue weighted by molar-refractivity contribution is 0.208. The number of benzene rings is 1. The van der Waals surface area contributed by atoms with E-state index < -0.39 is 21.7 Å². The van der Waals surface area contributed by atoms with Gasteiger partial charge in [-0.1, -0.05) is 0 Å². The van der Waals surface area contributed by atoms with Crippen LogP contribution >= 0.6 is 0 Å². The van der Waals surface area contributed by atoms with E-state index in [-0.39, 0.29) is 23.3 Å². The fraction of sp³-hybridized carbons (Fsp3) is 0.462. The maximum Gasteiger partial charge on any atom is 0.213 e. The molecule has 1 heterocycles. The number of guanidine groups is 1. The fourth-order valence-electron chi connectivity index (χ4n) is 2.05. The summed E-state index contributed by atoms with van der Waals surface area (Å²) in [6.45, 7) is 2.73. The molecule has 22 heavy (non-hydrogen) atoms. The molecule has 0 aromatic heterocycles. The Morgan fingerprint density at radius 3 is 2.77 bits per heavy atom. The van der Waals surface area contributed by atoms with Crippen LogP contribution in [0.3, 0.4) is 0 Å². The van der Waals surface area contributed by atoms with Crippen molar-refractivity contribution in [3.63, 3.8) is 0 Å². The molecule has 0 amide bonds. The van der Waals surface area contributed by atoms with Gasteiger partial charge in [-0.2, -0.15) is 0 Å². The van der Waals surface area contributed by atoms with Crippen molar-refractivity contribution in [2.75, 3.05) is 30.7 Å². The molecule has 3 N–H and O–H groups in total. The summed E-state index contributed by atoms with van der Waals surface area (Å²) in [4.78, 5) is 4.03. The lowest BCUT2D eigenvalue weighted by atomic mass is 10.0. The Morgan fingerprint density at radius 1 is 1.45 bits per heavy atom. The van der Waals surface area contributed by atoms with Gasteiger partial charge in [0.25, 0.3) is 0 Å². The third-order valence-corrected chi connectivity index (χ3v) is 5.21. The highest BCUT2D eigenvalue weighted by Crippen LogP contribution is 2.20. The van der Waals surface area contributed by atoms with E-state index >= 15 is 0 Å². The summed E-state index contributed by atoms with van der Waals surface area (Å²) < 4.78 is 50.9. The molecule has 0 aliphatic carbocycles. The first-order valence-corrected chi connectivity index (χ1v) is 8.42. The molecule has 1 aliphatic rings. The summed E-state index contributed by atoms with van der Waals surface area (Å²) in [5.41, 5.74) is 5.52. The Labute approximate surface area is 128 Å². The molecule has 9 heteroatoms. The molecule has 122 valence electrons. The molecule has 0 saturated carbocycles. The zero-order valence-corrected chi connectivity index (χ0v) is 12.9. The Bertz CT molecular complexity index is 673. The monoisotopic (exact) mass is 332 g/mol. The average Bonchev–Trinajstić information content (AvgIpc) is 2.41. The maximum absolute atomic E-state index is 13.4. The van der Waals surface area contributed by atoms with E-state index in [1.165, 1.54) is 4.31 Å². The second-order valence-corrected chi connectivity index (χ2v) is 7.32. The Kier molecular flexibility index (Phi) is 4.97. The molecule has 0 spiro atoms. The molecule has 1 fully saturated rings. The van der Waals surface area contributed by atoms with Gasteiger partial charge < -0.3 is 11.1 Å². The number of nitrogens with one attached hydrogen (secondary N) is 1. The lowest BCUT2D eigenvalue weighted by Gasteiger charge is -2.37. The zero-order valence-electron chi connectivity index (χ0n) is 12.1. The second-order valence-electron chi connectivity index (χ2n) is 5.06. The van der Waals surface area contributed by atoms with Gasteiger partial charge in [-0.3, -0.25) is 4.99 Å². The number of nitrogens with two attached hydrogens (primary N) is 1. The van der Waals surface area contributed by atoms with Crippen LogP contribution in [0.4, 0.5) is 14.5 Å². The normalized spacial score (nSPS) is 17.3. The van der Waals surface area contributed by atoms with Gasteiger partial charge in [-0.15, -0.1) is 0 Å². The molecule has 2 rings (SSSR count). The van der Waals surface area contributed by atoms with E-state index in [9.17, 15) is 17.2 Å². The van der Waals surface area contributed by atoms with Gasteiger partial charge in [0.05, 0.1) is 11.4 Å². The summed E-state index contributed by atoms with van der Waals surface area (Å²) in [6.07, 6.45) is 0. The van der Waals surface area contributed by atoms with Gasteiger partial charge in [0.2, 0.25) is 10.0 Å². The number of rotatable bonds is 5. The summed E-state index contributed by atoms with van der Waals surface area (Å²) in [7, 11) is -3.15. The van der Waals surface area contributed by atoms with E-state index in [2.05, 4.69) is 10.3 Å². The van der Waals surface area contributed by atoms with E-state index in [0.29, 0.717) is 19.6 Å². The van der Waals surface area contributed by atoms with Crippen molar-refractivity contribution in [1.29, 1.82) is 0 Å². The fourth-order valence-corrected chi connectivity index (χ4v) is 3.29. The van der Waals surface area contributed by atoms with E-state index in [1.54, 1.807) is 6.92 Å². The van der Waals surface area contributed by atoms with Gasteiger partial charge >= 0.3 is 0 Å². The quantitative estimate of drug-likeness (QED) is 0.621. The third-order valence-electron chi connectivity index (χ3n) is 3.39. The van der Waals surface area contributed by atoms with Crippen molar-refractivity contribution in [2.45, 2.75) is 6.92 Å². The molecule has 0 radical (unpaired) electrons. The van der Waals surface area contributed by atoms with Crippen molar-refractivity contribution in [3.05, 3.63) is 29.8 Å². The van der Waals surface area contributed by atoms with Crippen LogP contribution in [0.25, 0.3) is 0 Å². The minimum absolute atomic E-state index is 0.0405. The summed E-state index contributed by atoms with van der Waals surface area (Å²) in [5, 5.41) is 2.49. The molecule has 1 saturated heterocycles. The second kappa shape index (κ2) is 6.57. The Hall–Kier alpha value is -1.74. The van der Waals surface area contributed by atoms with Crippen molar-refractivity contribution in [3.8, 4) is 0 Å². The van der Waals surface area contributed by atoms with Crippen LogP contribution in [0, 0.1) is 17.6 Å². The van der Waals surface area contributed by atoms with E-state index in [0.717, 1.165) is 18.2 Å². The van der Waals surface area contributed by atoms with Crippen molar-refractivity contribution in [2.24, 2.45) is 16.6 Å². The number of hydrogen-bond donors (Lipinski definition) is 2. The van der Waals surface area contributed by atoms with Gasteiger partial charge in [-0.25, -0.2) is 21.5 Å². The van der Waals surface area contributed by atoms with Gasteiger partial charge in [0.1, 0.15) is 11.6 Å². The lowest BCUT2D eigenvalue weighted by Crippen LogP contribution is -2.51.